The summed E-state index contributed by atoms with van der Waals surface area (Å²) in [7, 11) is -3.14. The molecule has 2 fully saturated rings. The summed E-state index contributed by atoms with van der Waals surface area (Å²) in [5, 5.41) is 0. The van der Waals surface area contributed by atoms with Gasteiger partial charge in [-0.05, 0) is 79.3 Å². The molecule has 4 nitrogen and oxygen atoms in total. The van der Waals surface area contributed by atoms with Crippen molar-refractivity contribution in [3.05, 3.63) is 70.5 Å². The van der Waals surface area contributed by atoms with Crippen molar-refractivity contribution in [2.24, 2.45) is 11.8 Å². The van der Waals surface area contributed by atoms with Crippen LogP contribution in [0.1, 0.15) is 55.4 Å². The minimum Gasteiger partial charge on any atom is -0.338 e. The maximum atomic E-state index is 14.9. The van der Waals surface area contributed by atoms with Crippen molar-refractivity contribution in [3.63, 3.8) is 0 Å². The van der Waals surface area contributed by atoms with Crippen LogP contribution in [0.5, 0.6) is 0 Å². The van der Waals surface area contributed by atoms with Crippen molar-refractivity contribution < 1.29 is 35.2 Å². The normalized spacial score (nSPS) is 28.4. The van der Waals surface area contributed by atoms with Gasteiger partial charge in [0, 0.05) is 23.9 Å². The highest BCUT2D eigenvalue weighted by molar-refractivity contribution is 7.91. The molecule has 1 aliphatic carbocycles. The summed E-state index contributed by atoms with van der Waals surface area (Å²) in [4.78, 5) is 15.6. The Kier molecular flexibility index (Phi) is 6.88. The molecule has 212 valence electrons. The molecule has 39 heavy (non-hydrogen) atoms. The number of nitrogens with zero attached hydrogens (tertiary/aromatic N) is 1. The van der Waals surface area contributed by atoms with Crippen LogP contribution in [-0.4, -0.2) is 49.5 Å². The molecule has 0 N–H and O–H groups in total. The Morgan fingerprint density at radius 1 is 1.03 bits per heavy atom. The molecule has 0 bridgehead atoms. The number of likely N-dealkylation sites (tertiary alicyclic amines) is 1. The summed E-state index contributed by atoms with van der Waals surface area (Å²) in [5.41, 5.74) is -2.39. The van der Waals surface area contributed by atoms with E-state index in [1.165, 1.54) is 24.3 Å². The van der Waals surface area contributed by atoms with Gasteiger partial charge in [-0.1, -0.05) is 37.3 Å². The third-order valence-corrected chi connectivity index (χ3v) is 11.0. The van der Waals surface area contributed by atoms with Crippen LogP contribution >= 0.6 is 0 Å². The molecule has 2 heterocycles. The van der Waals surface area contributed by atoms with E-state index < -0.39 is 38.6 Å². The van der Waals surface area contributed by atoms with Gasteiger partial charge in [0.15, 0.2) is 0 Å². The van der Waals surface area contributed by atoms with Crippen molar-refractivity contribution in [3.8, 4) is 0 Å². The minimum atomic E-state index is -5.07. The third-order valence-electron chi connectivity index (χ3n) is 9.29. The zero-order chi connectivity index (χ0) is 28.4. The van der Waals surface area contributed by atoms with E-state index in [0.717, 1.165) is 11.1 Å². The molecule has 2 aromatic carbocycles. The summed E-state index contributed by atoms with van der Waals surface area (Å²) < 4.78 is 93.0. The topological polar surface area (TPSA) is 54.5 Å². The molecule has 5 rings (SSSR count). The molecular formula is C29H32F5NO3S. The fraction of sp³-hybridized carbons (Fsp3) is 0.552. The molecule has 10 heteroatoms. The zero-order valence-electron chi connectivity index (χ0n) is 21.9. The molecule has 0 radical (unpaired) electrons. The van der Waals surface area contributed by atoms with Crippen LogP contribution < -0.4 is 0 Å². The maximum Gasteiger partial charge on any atom is 0.426 e. The van der Waals surface area contributed by atoms with E-state index in [2.05, 4.69) is 0 Å². The molecule has 3 aliphatic rings. The van der Waals surface area contributed by atoms with Crippen LogP contribution in [0, 0.1) is 17.7 Å². The molecule has 2 aromatic rings. The van der Waals surface area contributed by atoms with Gasteiger partial charge in [0.1, 0.15) is 15.7 Å². The van der Waals surface area contributed by atoms with Crippen LogP contribution in [0.3, 0.4) is 0 Å². The van der Waals surface area contributed by atoms with E-state index in [1.807, 2.05) is 11.8 Å². The Morgan fingerprint density at radius 3 is 2.28 bits per heavy atom. The molecule has 3 unspecified atom stereocenters. The average molecular weight is 570 g/mol. The fourth-order valence-electron chi connectivity index (χ4n) is 6.99. The van der Waals surface area contributed by atoms with Gasteiger partial charge in [0.2, 0.25) is 11.6 Å². The van der Waals surface area contributed by atoms with E-state index >= 15 is 0 Å². The number of carbonyl (C=O) groups is 1. The summed E-state index contributed by atoms with van der Waals surface area (Å²) in [5.74, 6) is -1.02. The van der Waals surface area contributed by atoms with Gasteiger partial charge < -0.3 is 4.90 Å². The quantitative estimate of drug-likeness (QED) is 0.446. The van der Waals surface area contributed by atoms with E-state index in [-0.39, 0.29) is 48.0 Å². The number of alkyl halides is 4. The number of benzene rings is 2. The summed E-state index contributed by atoms with van der Waals surface area (Å²) >= 11 is 0. The lowest BCUT2D eigenvalue weighted by atomic mass is 9.60. The summed E-state index contributed by atoms with van der Waals surface area (Å²) in [6, 6.07) is 9.89. The lowest BCUT2D eigenvalue weighted by Gasteiger charge is -2.46. The maximum absolute atomic E-state index is 14.9. The standard InChI is InChI=1S/C29H32F5NO3S/c1-18-17-35(26(36)20-11-13-39(37,38)14-12-20)25-10-5-21-15-22(27(2,31)29(32,33)34)6-9-24(21)28(18,25)16-19-3-7-23(30)8-4-19/h3-4,6-9,15,18,20,25H,5,10-14,16-17H2,1-2H3/t18-,25?,27?,28?/m1/s1. The van der Waals surface area contributed by atoms with Crippen LogP contribution in [0.4, 0.5) is 22.0 Å². The highest BCUT2D eigenvalue weighted by Gasteiger charge is 2.58. The lowest BCUT2D eigenvalue weighted by molar-refractivity contribution is -0.228. The molecule has 0 spiro atoms. The Hall–Kier alpha value is -2.49. The predicted molar refractivity (Wildman–Crippen MR) is 137 cm³/mol. The lowest BCUT2D eigenvalue weighted by Crippen LogP contribution is -2.52. The van der Waals surface area contributed by atoms with E-state index in [1.54, 1.807) is 18.2 Å². The van der Waals surface area contributed by atoms with E-state index in [0.29, 0.717) is 38.3 Å². The van der Waals surface area contributed by atoms with Gasteiger partial charge in [0.05, 0.1) is 11.5 Å². The van der Waals surface area contributed by atoms with Crippen molar-refractivity contribution in [1.82, 2.24) is 4.90 Å². The van der Waals surface area contributed by atoms with Crippen LogP contribution in [-0.2, 0) is 38.6 Å². The number of halogens is 5. The number of carbonyl (C=O) groups excluding carboxylic acids is 1. The second kappa shape index (κ2) is 9.56. The molecule has 0 aromatic heterocycles. The summed E-state index contributed by atoms with van der Waals surface area (Å²) in [6.07, 6.45) is -3.23. The first-order chi connectivity index (χ1) is 18.2. The fourth-order valence-corrected chi connectivity index (χ4v) is 8.49. The van der Waals surface area contributed by atoms with Gasteiger partial charge in [-0.2, -0.15) is 13.2 Å². The Bertz CT molecular complexity index is 1360. The number of sulfone groups is 1. The second-order valence-corrected chi connectivity index (χ2v) is 13.9. The van der Waals surface area contributed by atoms with Gasteiger partial charge in [-0.25, -0.2) is 17.2 Å². The smallest absolute Gasteiger partial charge is 0.338 e. The highest BCUT2D eigenvalue weighted by Crippen LogP contribution is 2.53. The number of aryl methyl sites for hydroxylation is 1. The first-order valence-corrected chi connectivity index (χ1v) is 15.1. The number of amides is 1. The van der Waals surface area contributed by atoms with E-state index in [9.17, 15) is 35.2 Å². The Morgan fingerprint density at radius 2 is 1.67 bits per heavy atom. The monoisotopic (exact) mass is 569 g/mol. The molecular weight excluding hydrogens is 537 g/mol. The Balaban J connectivity index is 1.57. The average Bonchev–Trinajstić information content (AvgIpc) is 3.16. The van der Waals surface area contributed by atoms with Crippen molar-refractivity contribution in [2.75, 3.05) is 18.1 Å². The van der Waals surface area contributed by atoms with E-state index in [4.69, 9.17) is 0 Å². The first kappa shape index (κ1) is 28.1. The van der Waals surface area contributed by atoms with Gasteiger partial charge in [0.25, 0.3) is 0 Å². The molecule has 2 saturated heterocycles. The SMILES string of the molecule is C[C@@H]1CN(C(=O)C2CCS(=O)(=O)CC2)C2CCc3cc(C(C)(F)C(F)(F)F)ccc3C21Cc1ccc(F)cc1. The number of hydrogen-bond acceptors (Lipinski definition) is 3. The molecule has 1 amide bonds. The van der Waals surface area contributed by atoms with Gasteiger partial charge in [-0.15, -0.1) is 0 Å². The third kappa shape index (κ3) is 4.76. The minimum absolute atomic E-state index is 0.0228. The summed E-state index contributed by atoms with van der Waals surface area (Å²) in [6.45, 7) is 2.95. The van der Waals surface area contributed by atoms with Gasteiger partial charge in [-0.3, -0.25) is 4.79 Å². The molecule has 4 atom stereocenters. The predicted octanol–water partition coefficient (Wildman–Crippen LogP) is 5.67. The van der Waals surface area contributed by atoms with Crippen molar-refractivity contribution in [1.29, 1.82) is 0 Å². The van der Waals surface area contributed by atoms with Crippen LogP contribution in [0.15, 0.2) is 42.5 Å². The zero-order valence-corrected chi connectivity index (χ0v) is 22.7. The largest absolute Gasteiger partial charge is 0.426 e. The number of fused-ring (bicyclic) bond motifs is 3. The van der Waals surface area contributed by atoms with Gasteiger partial charge >= 0.3 is 6.18 Å². The number of hydrogen-bond donors (Lipinski definition) is 0. The van der Waals surface area contributed by atoms with Crippen molar-refractivity contribution in [2.45, 2.75) is 69.3 Å². The Labute approximate surface area is 225 Å². The van der Waals surface area contributed by atoms with Crippen LogP contribution in [0.25, 0.3) is 0 Å². The van der Waals surface area contributed by atoms with Crippen molar-refractivity contribution >= 4 is 15.7 Å². The molecule has 0 saturated carbocycles. The highest BCUT2D eigenvalue weighted by atomic mass is 32.2. The second-order valence-electron chi connectivity index (χ2n) is 11.6. The first-order valence-electron chi connectivity index (χ1n) is 13.3. The molecule has 2 aliphatic heterocycles. The van der Waals surface area contributed by atoms with Crippen LogP contribution in [0.2, 0.25) is 0 Å². The number of rotatable bonds is 4.